The Bertz CT molecular complexity index is 718. The SMILES string of the molecule is CCNC(=NCC(c1ccc(OC)cc1)N(C)C)NCCc1ncc(C)s1.I. The summed E-state index contributed by atoms with van der Waals surface area (Å²) in [6.45, 7) is 6.48. The van der Waals surface area contributed by atoms with Crippen LogP contribution in [0.1, 0.15) is 28.4 Å². The van der Waals surface area contributed by atoms with Gasteiger partial charge in [0.1, 0.15) is 5.75 Å². The van der Waals surface area contributed by atoms with Gasteiger partial charge in [0.15, 0.2) is 5.96 Å². The van der Waals surface area contributed by atoms with Crippen molar-refractivity contribution in [1.82, 2.24) is 20.5 Å². The van der Waals surface area contributed by atoms with Crippen molar-refractivity contribution in [1.29, 1.82) is 0 Å². The quantitative estimate of drug-likeness (QED) is 0.303. The molecule has 0 bridgehead atoms. The molecule has 0 aliphatic carbocycles. The van der Waals surface area contributed by atoms with E-state index in [2.05, 4.69) is 60.6 Å². The molecule has 8 heteroatoms. The summed E-state index contributed by atoms with van der Waals surface area (Å²) in [5.41, 5.74) is 1.22. The molecule has 6 nitrogen and oxygen atoms in total. The van der Waals surface area contributed by atoms with E-state index in [4.69, 9.17) is 9.73 Å². The molecule has 0 radical (unpaired) electrons. The van der Waals surface area contributed by atoms with Crippen molar-refractivity contribution < 1.29 is 4.74 Å². The summed E-state index contributed by atoms with van der Waals surface area (Å²) in [6.07, 6.45) is 2.83. The molecule has 2 rings (SSSR count). The highest BCUT2D eigenvalue weighted by Gasteiger charge is 2.14. The molecule has 156 valence electrons. The molecule has 0 saturated heterocycles. The summed E-state index contributed by atoms with van der Waals surface area (Å²) in [4.78, 5) is 12.6. The van der Waals surface area contributed by atoms with E-state index >= 15 is 0 Å². The highest BCUT2D eigenvalue weighted by Crippen LogP contribution is 2.21. The number of benzene rings is 1. The molecule has 1 aromatic carbocycles. The smallest absolute Gasteiger partial charge is 0.191 e. The molecule has 0 amide bonds. The molecule has 0 aliphatic rings. The molecule has 0 saturated carbocycles. The van der Waals surface area contributed by atoms with Gasteiger partial charge in [-0.05, 0) is 45.6 Å². The lowest BCUT2D eigenvalue weighted by Gasteiger charge is -2.24. The fourth-order valence-electron chi connectivity index (χ4n) is 2.72. The third kappa shape index (κ3) is 7.92. The molecular weight excluding hydrogens is 485 g/mol. The van der Waals surface area contributed by atoms with Crippen molar-refractivity contribution in [2.24, 2.45) is 4.99 Å². The van der Waals surface area contributed by atoms with E-state index in [1.165, 1.54) is 10.4 Å². The lowest BCUT2D eigenvalue weighted by atomic mass is 10.1. The lowest BCUT2D eigenvalue weighted by molar-refractivity contribution is 0.306. The number of hydrogen-bond acceptors (Lipinski definition) is 5. The number of hydrogen-bond donors (Lipinski definition) is 2. The molecule has 1 heterocycles. The van der Waals surface area contributed by atoms with E-state index in [0.717, 1.165) is 36.2 Å². The molecule has 2 aromatic rings. The van der Waals surface area contributed by atoms with Crippen LogP contribution in [0.4, 0.5) is 0 Å². The van der Waals surface area contributed by atoms with Crippen molar-refractivity contribution in [3.05, 3.63) is 45.9 Å². The predicted molar refractivity (Wildman–Crippen MR) is 129 cm³/mol. The zero-order valence-electron chi connectivity index (χ0n) is 17.4. The van der Waals surface area contributed by atoms with Crippen LogP contribution in [0.3, 0.4) is 0 Å². The fourth-order valence-corrected chi connectivity index (χ4v) is 3.50. The Hall–Kier alpha value is -1.39. The van der Waals surface area contributed by atoms with Crippen molar-refractivity contribution in [3.8, 4) is 5.75 Å². The number of aliphatic imine (C=N–C) groups is 1. The summed E-state index contributed by atoms with van der Waals surface area (Å²) in [5, 5.41) is 7.88. The molecular formula is C20H32IN5OS. The van der Waals surface area contributed by atoms with Gasteiger partial charge in [-0.3, -0.25) is 4.99 Å². The highest BCUT2D eigenvalue weighted by atomic mass is 127. The van der Waals surface area contributed by atoms with Crippen LogP contribution in [0, 0.1) is 6.92 Å². The van der Waals surface area contributed by atoms with Gasteiger partial charge in [0.2, 0.25) is 0 Å². The molecule has 0 aliphatic heterocycles. The number of guanidine groups is 1. The molecule has 0 fully saturated rings. The number of likely N-dealkylation sites (N-methyl/N-ethyl adjacent to an activating group) is 1. The van der Waals surface area contributed by atoms with Crippen molar-refractivity contribution in [3.63, 3.8) is 0 Å². The first-order valence-electron chi connectivity index (χ1n) is 9.27. The van der Waals surface area contributed by atoms with Crippen LogP contribution in [0.5, 0.6) is 5.75 Å². The Balaban J connectivity index is 0.00000392. The third-order valence-corrected chi connectivity index (χ3v) is 5.16. The summed E-state index contributed by atoms with van der Waals surface area (Å²) in [7, 11) is 5.84. The van der Waals surface area contributed by atoms with Crippen molar-refractivity contribution >= 4 is 41.3 Å². The number of rotatable bonds is 9. The van der Waals surface area contributed by atoms with E-state index < -0.39 is 0 Å². The number of methoxy groups -OCH3 is 1. The molecule has 28 heavy (non-hydrogen) atoms. The van der Waals surface area contributed by atoms with Gasteiger partial charge in [0, 0.05) is 30.6 Å². The minimum absolute atomic E-state index is 0. The first-order chi connectivity index (χ1) is 13.0. The number of thiazole rings is 1. The van der Waals surface area contributed by atoms with Gasteiger partial charge in [-0.2, -0.15) is 0 Å². The number of nitrogens with zero attached hydrogens (tertiary/aromatic N) is 3. The standard InChI is InChI=1S/C20H31N5OS.HI/c1-6-21-20(22-12-11-19-23-13-15(2)27-19)24-14-18(25(3)4)16-7-9-17(26-5)10-8-16;/h7-10,13,18H,6,11-12,14H2,1-5H3,(H2,21,22,24);1H. The van der Waals surface area contributed by atoms with Crippen LogP contribution in [-0.4, -0.2) is 56.7 Å². The average molecular weight is 517 g/mol. The van der Waals surface area contributed by atoms with Gasteiger partial charge in [-0.15, -0.1) is 35.3 Å². The summed E-state index contributed by atoms with van der Waals surface area (Å²) < 4.78 is 5.26. The van der Waals surface area contributed by atoms with Crippen LogP contribution in [0.25, 0.3) is 0 Å². The van der Waals surface area contributed by atoms with Crippen LogP contribution in [0.2, 0.25) is 0 Å². The summed E-state index contributed by atoms with van der Waals surface area (Å²) >= 11 is 1.75. The third-order valence-electron chi connectivity index (χ3n) is 4.19. The Labute approximate surface area is 189 Å². The van der Waals surface area contributed by atoms with Gasteiger partial charge < -0.3 is 20.3 Å². The second kappa shape index (κ2) is 12.9. The molecule has 1 unspecified atom stereocenters. The number of halogens is 1. The van der Waals surface area contributed by atoms with Gasteiger partial charge in [-0.1, -0.05) is 12.1 Å². The fraction of sp³-hybridized carbons (Fsp3) is 0.500. The molecule has 1 aromatic heterocycles. The number of nitrogens with one attached hydrogen (secondary N) is 2. The number of aryl methyl sites for hydroxylation is 1. The first-order valence-corrected chi connectivity index (χ1v) is 10.1. The van der Waals surface area contributed by atoms with Crippen molar-refractivity contribution in [2.45, 2.75) is 26.3 Å². The minimum Gasteiger partial charge on any atom is -0.497 e. The van der Waals surface area contributed by atoms with E-state index in [1.807, 2.05) is 18.3 Å². The first kappa shape index (κ1) is 24.6. The Morgan fingerprint density at radius 2 is 1.96 bits per heavy atom. The van der Waals surface area contributed by atoms with E-state index in [1.54, 1.807) is 18.4 Å². The Morgan fingerprint density at radius 3 is 2.50 bits per heavy atom. The van der Waals surface area contributed by atoms with Gasteiger partial charge in [-0.25, -0.2) is 4.98 Å². The minimum atomic E-state index is 0. The zero-order valence-corrected chi connectivity index (χ0v) is 20.5. The predicted octanol–water partition coefficient (Wildman–Crippen LogP) is 3.48. The monoisotopic (exact) mass is 517 g/mol. The van der Waals surface area contributed by atoms with Crippen LogP contribution >= 0.6 is 35.3 Å². The number of aromatic nitrogens is 1. The van der Waals surface area contributed by atoms with E-state index in [0.29, 0.717) is 6.54 Å². The summed E-state index contributed by atoms with van der Waals surface area (Å²) in [6, 6.07) is 8.39. The second-order valence-electron chi connectivity index (χ2n) is 6.51. The lowest BCUT2D eigenvalue weighted by Crippen LogP contribution is -2.39. The maximum Gasteiger partial charge on any atom is 0.191 e. The van der Waals surface area contributed by atoms with Gasteiger partial charge in [0.25, 0.3) is 0 Å². The maximum absolute atomic E-state index is 5.26. The Morgan fingerprint density at radius 1 is 1.25 bits per heavy atom. The highest BCUT2D eigenvalue weighted by molar-refractivity contribution is 14.0. The molecule has 2 N–H and O–H groups in total. The summed E-state index contributed by atoms with van der Waals surface area (Å²) in [5.74, 6) is 1.71. The van der Waals surface area contributed by atoms with E-state index in [9.17, 15) is 0 Å². The topological polar surface area (TPSA) is 61.8 Å². The second-order valence-corrected chi connectivity index (χ2v) is 7.83. The largest absolute Gasteiger partial charge is 0.497 e. The Kier molecular flexibility index (Phi) is 11.4. The van der Waals surface area contributed by atoms with Crippen LogP contribution in [-0.2, 0) is 6.42 Å². The molecule has 0 spiro atoms. The zero-order chi connectivity index (χ0) is 19.6. The van der Waals surface area contributed by atoms with Gasteiger partial charge >= 0.3 is 0 Å². The van der Waals surface area contributed by atoms with Crippen LogP contribution < -0.4 is 15.4 Å². The number of ether oxygens (including phenoxy) is 1. The average Bonchev–Trinajstić information content (AvgIpc) is 3.07. The normalized spacial score (nSPS) is 12.4. The van der Waals surface area contributed by atoms with Gasteiger partial charge in [0.05, 0.1) is 24.7 Å². The maximum atomic E-state index is 5.26. The molecule has 1 atom stereocenters. The van der Waals surface area contributed by atoms with Crippen LogP contribution in [0.15, 0.2) is 35.5 Å². The van der Waals surface area contributed by atoms with Crippen molar-refractivity contribution in [2.75, 3.05) is 40.8 Å². The van der Waals surface area contributed by atoms with E-state index in [-0.39, 0.29) is 30.0 Å².